The summed E-state index contributed by atoms with van der Waals surface area (Å²) in [6, 6.07) is 13.7. The number of hydrogen-bond acceptors (Lipinski definition) is 4. The number of rotatable bonds is 9. The van der Waals surface area contributed by atoms with Gasteiger partial charge in [0.05, 0.1) is 13.2 Å². The fourth-order valence-corrected chi connectivity index (χ4v) is 2.81. The molecule has 0 heterocycles. The molecule has 2 rings (SSSR count). The van der Waals surface area contributed by atoms with Crippen LogP contribution in [0, 0.1) is 0 Å². The summed E-state index contributed by atoms with van der Waals surface area (Å²) in [7, 11) is 1.58. The van der Waals surface area contributed by atoms with Crippen LogP contribution in [0.3, 0.4) is 0 Å². The molecule has 1 unspecified atom stereocenters. The number of carbonyl (C=O) groups excluding carboxylic acids is 3. The molecule has 2 aromatic carbocycles. The van der Waals surface area contributed by atoms with Crippen LogP contribution in [0.4, 0.5) is 0 Å². The Morgan fingerprint density at radius 2 is 1.71 bits per heavy atom. The fourth-order valence-electron chi connectivity index (χ4n) is 2.54. The first-order valence-corrected chi connectivity index (χ1v) is 9.67. The van der Waals surface area contributed by atoms with Crippen molar-refractivity contribution in [1.29, 1.82) is 0 Å². The van der Waals surface area contributed by atoms with Crippen molar-refractivity contribution in [2.24, 2.45) is 0 Å². The Balaban J connectivity index is 1.74. The molecule has 0 aliphatic heterocycles. The van der Waals surface area contributed by atoms with Crippen LogP contribution < -0.4 is 15.4 Å². The number of hydrogen-bond donors (Lipinski definition) is 2. The van der Waals surface area contributed by atoms with Crippen LogP contribution in [0.2, 0.25) is 0 Å². The predicted molar refractivity (Wildman–Crippen MR) is 110 cm³/mol. The number of carbonyl (C=O) groups is 3. The summed E-state index contributed by atoms with van der Waals surface area (Å²) < 4.78 is 6.01. The summed E-state index contributed by atoms with van der Waals surface area (Å²) in [5.41, 5.74) is 1.43. The van der Waals surface area contributed by atoms with E-state index in [-0.39, 0.29) is 30.4 Å². The molecule has 0 saturated heterocycles. The molecule has 148 valence electrons. The molecule has 0 saturated carbocycles. The van der Waals surface area contributed by atoms with Gasteiger partial charge in [-0.05, 0) is 36.8 Å². The van der Waals surface area contributed by atoms with E-state index in [1.165, 1.54) is 0 Å². The van der Waals surface area contributed by atoms with Gasteiger partial charge >= 0.3 is 0 Å². The zero-order valence-corrected chi connectivity index (χ0v) is 17.4. The lowest BCUT2D eigenvalue weighted by molar-refractivity contribution is -0.126. The van der Waals surface area contributed by atoms with Gasteiger partial charge in [0.25, 0.3) is 0 Å². The number of halogens is 1. The molecular weight excluding hydrogens is 424 g/mol. The van der Waals surface area contributed by atoms with Crippen LogP contribution >= 0.6 is 15.9 Å². The average Bonchev–Trinajstić information content (AvgIpc) is 2.70. The number of Topliss-reactive ketones (excluding diaryl/α,β-unsaturated/α-hetero) is 1. The summed E-state index contributed by atoms with van der Waals surface area (Å²) in [6.45, 7) is 1.99. The van der Waals surface area contributed by atoms with Crippen LogP contribution in [0.1, 0.15) is 35.7 Å². The van der Waals surface area contributed by atoms with Crippen LogP contribution in [0.15, 0.2) is 53.0 Å². The van der Waals surface area contributed by atoms with Gasteiger partial charge in [0.15, 0.2) is 5.78 Å². The van der Waals surface area contributed by atoms with E-state index in [0.717, 1.165) is 15.8 Å². The highest BCUT2D eigenvalue weighted by Crippen LogP contribution is 2.13. The maximum Gasteiger partial charge on any atom is 0.221 e. The van der Waals surface area contributed by atoms with Crippen molar-refractivity contribution < 1.29 is 19.1 Å². The van der Waals surface area contributed by atoms with E-state index in [4.69, 9.17) is 4.74 Å². The molecule has 6 nitrogen and oxygen atoms in total. The Bertz CT molecular complexity index is 837. The van der Waals surface area contributed by atoms with Gasteiger partial charge in [0.1, 0.15) is 5.75 Å². The Morgan fingerprint density at radius 1 is 1.04 bits per heavy atom. The van der Waals surface area contributed by atoms with Crippen molar-refractivity contribution in [2.45, 2.75) is 32.4 Å². The Kier molecular flexibility index (Phi) is 8.19. The minimum atomic E-state index is -0.659. The third kappa shape index (κ3) is 6.81. The Hall–Kier alpha value is -2.67. The second kappa shape index (κ2) is 10.6. The minimum Gasteiger partial charge on any atom is -0.497 e. The normalized spacial score (nSPS) is 11.4. The molecule has 0 aliphatic carbocycles. The van der Waals surface area contributed by atoms with E-state index in [0.29, 0.717) is 12.1 Å². The van der Waals surface area contributed by atoms with Crippen molar-refractivity contribution in [3.8, 4) is 5.75 Å². The zero-order valence-electron chi connectivity index (χ0n) is 15.8. The Morgan fingerprint density at radius 3 is 2.39 bits per heavy atom. The van der Waals surface area contributed by atoms with E-state index in [1.54, 1.807) is 38.3 Å². The molecule has 2 aromatic rings. The first-order valence-electron chi connectivity index (χ1n) is 8.88. The number of benzene rings is 2. The third-order valence-corrected chi connectivity index (χ3v) is 4.63. The van der Waals surface area contributed by atoms with Gasteiger partial charge in [-0.2, -0.15) is 0 Å². The topological polar surface area (TPSA) is 84.5 Å². The van der Waals surface area contributed by atoms with Crippen molar-refractivity contribution in [3.63, 3.8) is 0 Å². The van der Waals surface area contributed by atoms with Gasteiger partial charge in [-0.25, -0.2) is 0 Å². The van der Waals surface area contributed by atoms with E-state index in [1.807, 2.05) is 24.3 Å². The SMILES string of the molecule is COc1cccc(CNC(=O)CCC(=O)NC(C)C(=O)c2ccc(Br)cc2)c1. The van der Waals surface area contributed by atoms with Crippen LogP contribution in [-0.2, 0) is 16.1 Å². The molecule has 0 fully saturated rings. The van der Waals surface area contributed by atoms with Gasteiger partial charge in [-0.15, -0.1) is 0 Å². The minimum absolute atomic E-state index is 0.0158. The summed E-state index contributed by atoms with van der Waals surface area (Å²) in [5, 5.41) is 5.41. The lowest BCUT2D eigenvalue weighted by atomic mass is 10.1. The van der Waals surface area contributed by atoms with E-state index in [9.17, 15) is 14.4 Å². The number of methoxy groups -OCH3 is 1. The molecular formula is C21H23BrN2O4. The van der Waals surface area contributed by atoms with Gasteiger partial charge in [0.2, 0.25) is 11.8 Å². The smallest absolute Gasteiger partial charge is 0.221 e. The van der Waals surface area contributed by atoms with Crippen molar-refractivity contribution in [2.75, 3.05) is 7.11 Å². The van der Waals surface area contributed by atoms with Gasteiger partial charge in [0, 0.05) is 29.4 Å². The Labute approximate surface area is 172 Å². The first kappa shape index (κ1) is 21.6. The molecule has 0 aromatic heterocycles. The van der Waals surface area contributed by atoms with Crippen LogP contribution in [0.5, 0.6) is 5.75 Å². The summed E-state index contributed by atoms with van der Waals surface area (Å²) in [4.78, 5) is 36.3. The molecule has 1 atom stereocenters. The molecule has 0 bridgehead atoms. The largest absolute Gasteiger partial charge is 0.497 e. The van der Waals surface area contributed by atoms with Gasteiger partial charge in [-0.1, -0.05) is 40.2 Å². The number of ketones is 1. The van der Waals surface area contributed by atoms with Crippen molar-refractivity contribution >= 4 is 33.5 Å². The highest BCUT2D eigenvalue weighted by Gasteiger charge is 2.17. The van der Waals surface area contributed by atoms with Crippen molar-refractivity contribution in [3.05, 3.63) is 64.1 Å². The molecule has 2 N–H and O–H groups in total. The number of amides is 2. The van der Waals surface area contributed by atoms with E-state index in [2.05, 4.69) is 26.6 Å². The standard InChI is InChI=1S/C21H23BrN2O4/c1-14(21(27)16-6-8-17(22)9-7-16)24-20(26)11-10-19(25)23-13-15-4-3-5-18(12-15)28-2/h3-9,12,14H,10-11,13H2,1-2H3,(H,23,25)(H,24,26). The lowest BCUT2D eigenvalue weighted by Gasteiger charge is -2.13. The van der Waals surface area contributed by atoms with E-state index >= 15 is 0 Å². The predicted octanol–water partition coefficient (Wildman–Crippen LogP) is 3.24. The summed E-state index contributed by atoms with van der Waals surface area (Å²) in [6.07, 6.45) is 0.0664. The quantitative estimate of drug-likeness (QED) is 0.579. The highest BCUT2D eigenvalue weighted by molar-refractivity contribution is 9.10. The van der Waals surface area contributed by atoms with E-state index < -0.39 is 6.04 Å². The maximum atomic E-state index is 12.3. The van der Waals surface area contributed by atoms with Gasteiger partial charge in [-0.3, -0.25) is 14.4 Å². The number of ether oxygens (including phenoxy) is 1. The highest BCUT2D eigenvalue weighted by atomic mass is 79.9. The molecule has 2 amide bonds. The molecule has 0 spiro atoms. The second-order valence-corrected chi connectivity index (χ2v) is 7.20. The monoisotopic (exact) mass is 446 g/mol. The first-order chi connectivity index (χ1) is 13.4. The third-order valence-electron chi connectivity index (χ3n) is 4.10. The average molecular weight is 447 g/mol. The van der Waals surface area contributed by atoms with Crippen LogP contribution in [-0.4, -0.2) is 30.7 Å². The number of nitrogens with one attached hydrogen (secondary N) is 2. The van der Waals surface area contributed by atoms with Crippen LogP contribution in [0.25, 0.3) is 0 Å². The summed E-state index contributed by atoms with van der Waals surface area (Å²) >= 11 is 3.32. The molecule has 28 heavy (non-hydrogen) atoms. The fraction of sp³-hybridized carbons (Fsp3) is 0.286. The molecule has 0 aliphatic rings. The maximum absolute atomic E-state index is 12.3. The molecule has 0 radical (unpaired) electrons. The molecule has 7 heteroatoms. The summed E-state index contributed by atoms with van der Waals surface area (Å²) in [5.74, 6) is -0.0294. The van der Waals surface area contributed by atoms with Crippen molar-refractivity contribution in [1.82, 2.24) is 10.6 Å². The lowest BCUT2D eigenvalue weighted by Crippen LogP contribution is -2.39. The second-order valence-electron chi connectivity index (χ2n) is 6.29. The zero-order chi connectivity index (χ0) is 20.5. The van der Waals surface area contributed by atoms with Gasteiger partial charge < -0.3 is 15.4 Å².